The zero-order valence-corrected chi connectivity index (χ0v) is 15.9. The fraction of sp³-hybridized carbons (Fsp3) is 0.111. The van der Waals surface area contributed by atoms with Crippen molar-refractivity contribution in [3.05, 3.63) is 69.6 Å². The Hall–Kier alpha value is -2.97. The van der Waals surface area contributed by atoms with Crippen molar-refractivity contribution in [1.29, 1.82) is 0 Å². The van der Waals surface area contributed by atoms with Gasteiger partial charge in [-0.2, -0.15) is 5.10 Å². The average molecular weight is 402 g/mol. The van der Waals surface area contributed by atoms with Gasteiger partial charge in [-0.15, -0.1) is 0 Å². The molecule has 0 radical (unpaired) electrons. The highest BCUT2D eigenvalue weighted by Crippen LogP contribution is 2.14. The lowest BCUT2D eigenvalue weighted by Gasteiger charge is -2.12. The van der Waals surface area contributed by atoms with E-state index in [1.54, 1.807) is 55.6 Å². The van der Waals surface area contributed by atoms with Crippen LogP contribution in [0.15, 0.2) is 53.3 Å². The third-order valence-electron chi connectivity index (χ3n) is 3.78. The van der Waals surface area contributed by atoms with Crippen molar-refractivity contribution in [3.8, 4) is 0 Å². The van der Waals surface area contributed by atoms with E-state index in [-0.39, 0.29) is 23.0 Å². The fourth-order valence-electron chi connectivity index (χ4n) is 2.52. The highest BCUT2D eigenvalue weighted by atomic mass is 35.5. The second-order valence-electron chi connectivity index (χ2n) is 5.73. The van der Waals surface area contributed by atoms with Crippen LogP contribution in [0.5, 0.6) is 0 Å². The van der Waals surface area contributed by atoms with Gasteiger partial charge in [-0.1, -0.05) is 29.8 Å². The molecule has 3 rings (SSSR count). The van der Waals surface area contributed by atoms with Gasteiger partial charge in [0.15, 0.2) is 5.11 Å². The Balaban J connectivity index is 1.64. The SMILES string of the molecule is Cn1nc(CC(=O)NNC(=S)Nc2ccc(Cl)cc2)c2ccccc2c1=O. The zero-order valence-electron chi connectivity index (χ0n) is 14.3. The van der Waals surface area contributed by atoms with Gasteiger partial charge in [-0.25, -0.2) is 4.68 Å². The van der Waals surface area contributed by atoms with Crippen LogP contribution in [0.1, 0.15) is 5.69 Å². The molecule has 1 amide bonds. The smallest absolute Gasteiger partial charge is 0.274 e. The van der Waals surface area contributed by atoms with Crippen LogP contribution in [0, 0.1) is 0 Å². The highest BCUT2D eigenvalue weighted by molar-refractivity contribution is 7.80. The predicted octanol–water partition coefficient (Wildman–Crippen LogP) is 2.15. The number of halogens is 1. The lowest BCUT2D eigenvalue weighted by molar-refractivity contribution is -0.121. The number of hydrogen-bond acceptors (Lipinski definition) is 4. The monoisotopic (exact) mass is 401 g/mol. The summed E-state index contributed by atoms with van der Waals surface area (Å²) in [6.07, 6.45) is -0.00874. The van der Waals surface area contributed by atoms with Crippen LogP contribution in [0.3, 0.4) is 0 Å². The number of nitrogens with one attached hydrogen (secondary N) is 3. The molecule has 0 bridgehead atoms. The number of rotatable bonds is 3. The lowest BCUT2D eigenvalue weighted by atomic mass is 10.1. The van der Waals surface area contributed by atoms with E-state index in [0.717, 1.165) is 5.69 Å². The Morgan fingerprint density at radius 3 is 2.48 bits per heavy atom. The van der Waals surface area contributed by atoms with Crippen LogP contribution in [0.2, 0.25) is 5.02 Å². The third-order valence-corrected chi connectivity index (χ3v) is 4.23. The van der Waals surface area contributed by atoms with Gasteiger partial charge >= 0.3 is 0 Å². The molecule has 3 N–H and O–H groups in total. The molecule has 0 aliphatic rings. The molecule has 0 saturated heterocycles. The number of carbonyl (C=O) groups excluding carboxylic acids is 1. The molecule has 0 aliphatic carbocycles. The normalized spacial score (nSPS) is 10.4. The maximum atomic E-state index is 12.2. The molecule has 0 aliphatic heterocycles. The first-order valence-electron chi connectivity index (χ1n) is 8.00. The summed E-state index contributed by atoms with van der Waals surface area (Å²) in [7, 11) is 1.56. The maximum absolute atomic E-state index is 12.2. The molecule has 138 valence electrons. The maximum Gasteiger partial charge on any atom is 0.274 e. The first-order valence-corrected chi connectivity index (χ1v) is 8.79. The second-order valence-corrected chi connectivity index (χ2v) is 6.58. The van der Waals surface area contributed by atoms with E-state index in [9.17, 15) is 9.59 Å². The molecular formula is C18H16ClN5O2S. The predicted molar refractivity (Wildman–Crippen MR) is 110 cm³/mol. The molecule has 0 unspecified atom stereocenters. The largest absolute Gasteiger partial charge is 0.331 e. The van der Waals surface area contributed by atoms with E-state index in [2.05, 4.69) is 21.3 Å². The molecule has 2 aromatic carbocycles. The van der Waals surface area contributed by atoms with Gasteiger partial charge in [-0.3, -0.25) is 20.4 Å². The average Bonchev–Trinajstić information content (AvgIpc) is 2.66. The molecule has 27 heavy (non-hydrogen) atoms. The summed E-state index contributed by atoms with van der Waals surface area (Å²) in [4.78, 5) is 24.4. The van der Waals surface area contributed by atoms with Crippen molar-refractivity contribution in [3.63, 3.8) is 0 Å². The van der Waals surface area contributed by atoms with Crippen LogP contribution in [0.4, 0.5) is 5.69 Å². The molecule has 9 heteroatoms. The van der Waals surface area contributed by atoms with E-state index in [0.29, 0.717) is 21.5 Å². The van der Waals surface area contributed by atoms with Crippen LogP contribution in [-0.2, 0) is 18.3 Å². The topological polar surface area (TPSA) is 88.1 Å². The summed E-state index contributed by atoms with van der Waals surface area (Å²) in [5, 5.41) is 9.13. The van der Waals surface area contributed by atoms with E-state index >= 15 is 0 Å². The molecular weight excluding hydrogens is 386 g/mol. The van der Waals surface area contributed by atoms with E-state index in [1.807, 2.05) is 0 Å². The summed E-state index contributed by atoms with van der Waals surface area (Å²) in [5.41, 5.74) is 6.18. The Morgan fingerprint density at radius 1 is 1.11 bits per heavy atom. The van der Waals surface area contributed by atoms with Crippen molar-refractivity contribution in [2.45, 2.75) is 6.42 Å². The molecule has 1 heterocycles. The molecule has 0 atom stereocenters. The van der Waals surface area contributed by atoms with Gasteiger partial charge in [0.05, 0.1) is 17.5 Å². The number of fused-ring (bicyclic) bond motifs is 1. The molecule has 0 fully saturated rings. The number of hydrogen-bond donors (Lipinski definition) is 3. The van der Waals surface area contributed by atoms with E-state index < -0.39 is 0 Å². The van der Waals surface area contributed by atoms with Gasteiger partial charge in [0, 0.05) is 23.1 Å². The number of aromatic nitrogens is 2. The van der Waals surface area contributed by atoms with Crippen molar-refractivity contribution in [2.75, 3.05) is 5.32 Å². The van der Waals surface area contributed by atoms with E-state index in [1.165, 1.54) is 4.68 Å². The first-order chi connectivity index (χ1) is 12.9. The summed E-state index contributed by atoms with van der Waals surface area (Å²) in [5.74, 6) is -0.341. The van der Waals surface area contributed by atoms with Crippen LogP contribution in [0.25, 0.3) is 10.8 Å². The summed E-state index contributed by atoms with van der Waals surface area (Å²) in [6, 6.07) is 14.0. The van der Waals surface area contributed by atoms with Gasteiger partial charge < -0.3 is 5.32 Å². The highest BCUT2D eigenvalue weighted by Gasteiger charge is 2.12. The zero-order chi connectivity index (χ0) is 19.4. The fourth-order valence-corrected chi connectivity index (χ4v) is 2.82. The Labute approximate surface area is 165 Å². The quantitative estimate of drug-likeness (QED) is 0.460. The summed E-state index contributed by atoms with van der Waals surface area (Å²) >= 11 is 11.0. The number of thiocarbonyl (C=S) groups is 1. The van der Waals surface area contributed by atoms with E-state index in [4.69, 9.17) is 23.8 Å². The minimum Gasteiger partial charge on any atom is -0.331 e. The Kier molecular flexibility index (Phi) is 5.68. The Morgan fingerprint density at radius 2 is 1.78 bits per heavy atom. The third kappa shape index (κ3) is 4.60. The number of amides is 1. The number of benzene rings is 2. The standard InChI is InChI=1S/C18H16ClN5O2S/c1-24-17(26)14-5-3-2-4-13(14)15(23-24)10-16(25)21-22-18(27)20-12-8-6-11(19)7-9-12/h2-9H,10H2,1H3,(H,21,25)(H2,20,22,27). The van der Waals surface area contributed by atoms with Crippen molar-refractivity contribution >= 4 is 51.3 Å². The molecule has 1 aromatic heterocycles. The van der Waals surface area contributed by atoms with Gasteiger partial charge in [-0.05, 0) is 42.5 Å². The molecule has 0 spiro atoms. The number of aryl methyl sites for hydroxylation is 1. The minimum absolute atomic E-state index is 0.00874. The van der Waals surface area contributed by atoms with Crippen molar-refractivity contribution in [1.82, 2.24) is 20.6 Å². The Bertz CT molecular complexity index is 1070. The number of carbonyl (C=O) groups is 1. The summed E-state index contributed by atoms with van der Waals surface area (Å²) < 4.78 is 1.23. The minimum atomic E-state index is -0.341. The molecule has 0 saturated carbocycles. The van der Waals surface area contributed by atoms with Gasteiger partial charge in [0.25, 0.3) is 5.56 Å². The van der Waals surface area contributed by atoms with Gasteiger partial charge in [0.2, 0.25) is 5.91 Å². The van der Waals surface area contributed by atoms with Crippen molar-refractivity contribution < 1.29 is 4.79 Å². The molecule has 3 aromatic rings. The van der Waals surface area contributed by atoms with Crippen LogP contribution >= 0.6 is 23.8 Å². The molecule has 7 nitrogen and oxygen atoms in total. The second kappa shape index (κ2) is 8.15. The van der Waals surface area contributed by atoms with Crippen LogP contribution in [-0.4, -0.2) is 20.8 Å². The van der Waals surface area contributed by atoms with Crippen LogP contribution < -0.4 is 21.7 Å². The summed E-state index contributed by atoms with van der Waals surface area (Å²) in [6.45, 7) is 0. The van der Waals surface area contributed by atoms with Crippen molar-refractivity contribution in [2.24, 2.45) is 7.05 Å². The number of anilines is 1. The van der Waals surface area contributed by atoms with Gasteiger partial charge in [0.1, 0.15) is 0 Å². The lowest BCUT2D eigenvalue weighted by Crippen LogP contribution is -2.44. The number of nitrogens with zero attached hydrogens (tertiary/aromatic N) is 2. The number of hydrazine groups is 1. The first kappa shape index (κ1) is 18.8.